The number of benzene rings is 1. The van der Waals surface area contributed by atoms with Crippen LogP contribution in [0.5, 0.6) is 5.88 Å². The van der Waals surface area contributed by atoms with E-state index in [-0.39, 0.29) is 29.2 Å². The van der Waals surface area contributed by atoms with Crippen molar-refractivity contribution in [1.29, 1.82) is 5.26 Å². The molecule has 0 bridgehead atoms. The SMILES string of the molecule is N#Cc1cccc(-c2nc(N)c(C(=O)OC3CCC(O)C3)c(OC3CCC(O)C3)n2)c1. The predicted molar refractivity (Wildman–Crippen MR) is 110 cm³/mol. The molecule has 0 amide bonds. The minimum atomic E-state index is -0.706. The van der Waals surface area contributed by atoms with Crippen molar-refractivity contribution in [3.05, 3.63) is 35.4 Å². The Balaban J connectivity index is 1.68. The number of esters is 1. The van der Waals surface area contributed by atoms with Crippen molar-refractivity contribution in [1.82, 2.24) is 9.97 Å². The van der Waals surface area contributed by atoms with Gasteiger partial charge in [-0.3, -0.25) is 0 Å². The number of nitrogens with zero attached hydrogens (tertiary/aromatic N) is 3. The summed E-state index contributed by atoms with van der Waals surface area (Å²) < 4.78 is 11.5. The van der Waals surface area contributed by atoms with Crippen molar-refractivity contribution in [2.24, 2.45) is 0 Å². The fourth-order valence-corrected chi connectivity index (χ4v) is 4.01. The lowest BCUT2D eigenvalue weighted by Gasteiger charge is -2.18. The molecule has 1 aromatic carbocycles. The molecule has 2 saturated carbocycles. The Hall–Kier alpha value is -3.22. The van der Waals surface area contributed by atoms with Gasteiger partial charge in [0.2, 0.25) is 5.88 Å². The Morgan fingerprint density at radius 2 is 1.81 bits per heavy atom. The van der Waals surface area contributed by atoms with E-state index in [9.17, 15) is 15.0 Å². The van der Waals surface area contributed by atoms with Crippen LogP contribution in [-0.2, 0) is 4.74 Å². The van der Waals surface area contributed by atoms with E-state index in [0.717, 1.165) is 0 Å². The lowest BCUT2D eigenvalue weighted by molar-refractivity contribution is 0.0280. The molecule has 2 aliphatic rings. The highest BCUT2D eigenvalue weighted by Gasteiger charge is 2.32. The van der Waals surface area contributed by atoms with Gasteiger partial charge >= 0.3 is 5.97 Å². The summed E-state index contributed by atoms with van der Waals surface area (Å²) >= 11 is 0. The average Bonchev–Trinajstić information content (AvgIpc) is 3.35. The molecule has 2 aliphatic carbocycles. The van der Waals surface area contributed by atoms with Crippen molar-refractivity contribution in [3.8, 4) is 23.3 Å². The first-order chi connectivity index (χ1) is 14.9. The number of ether oxygens (including phenoxy) is 2. The second kappa shape index (κ2) is 8.88. The topological polar surface area (TPSA) is 152 Å². The number of nitriles is 1. The Morgan fingerprint density at radius 1 is 1.10 bits per heavy atom. The molecule has 2 fully saturated rings. The van der Waals surface area contributed by atoms with Gasteiger partial charge in [-0.25, -0.2) is 9.78 Å². The first kappa shape index (κ1) is 21.0. The largest absolute Gasteiger partial charge is 0.473 e. The van der Waals surface area contributed by atoms with Crippen LogP contribution < -0.4 is 10.5 Å². The van der Waals surface area contributed by atoms with Gasteiger partial charge in [-0.1, -0.05) is 12.1 Å². The molecule has 9 nitrogen and oxygen atoms in total. The lowest BCUT2D eigenvalue weighted by atomic mass is 10.1. The van der Waals surface area contributed by atoms with E-state index in [1.165, 1.54) is 0 Å². The van der Waals surface area contributed by atoms with Crippen molar-refractivity contribution in [2.45, 2.75) is 62.9 Å². The molecule has 4 atom stereocenters. The molecule has 31 heavy (non-hydrogen) atoms. The van der Waals surface area contributed by atoms with Gasteiger partial charge in [0.15, 0.2) is 11.4 Å². The highest BCUT2D eigenvalue weighted by molar-refractivity contribution is 5.97. The Bertz CT molecular complexity index is 1020. The zero-order chi connectivity index (χ0) is 22.0. The first-order valence-corrected chi connectivity index (χ1v) is 10.3. The number of hydrogen-bond acceptors (Lipinski definition) is 9. The highest BCUT2D eigenvalue weighted by Crippen LogP contribution is 2.32. The number of nitrogen functional groups attached to an aromatic ring is 1. The number of carbonyl (C=O) groups is 1. The Labute approximate surface area is 179 Å². The van der Waals surface area contributed by atoms with E-state index in [1.54, 1.807) is 24.3 Å². The third-order valence-electron chi connectivity index (χ3n) is 5.62. The van der Waals surface area contributed by atoms with E-state index in [4.69, 9.17) is 20.5 Å². The van der Waals surface area contributed by atoms with Crippen LogP contribution in [0.15, 0.2) is 24.3 Å². The van der Waals surface area contributed by atoms with Gasteiger partial charge in [-0.2, -0.15) is 10.2 Å². The monoisotopic (exact) mass is 424 g/mol. The van der Waals surface area contributed by atoms with Crippen molar-refractivity contribution in [3.63, 3.8) is 0 Å². The molecule has 4 rings (SSSR count). The number of aliphatic hydroxyl groups excluding tert-OH is 2. The van der Waals surface area contributed by atoms with E-state index in [0.29, 0.717) is 49.7 Å². The second-order valence-corrected chi connectivity index (χ2v) is 8.01. The van der Waals surface area contributed by atoms with Gasteiger partial charge in [0.25, 0.3) is 0 Å². The van der Waals surface area contributed by atoms with Crippen molar-refractivity contribution in [2.75, 3.05) is 5.73 Å². The molecule has 4 unspecified atom stereocenters. The Kier molecular flexibility index (Phi) is 6.02. The summed E-state index contributed by atoms with van der Waals surface area (Å²) in [7, 11) is 0. The van der Waals surface area contributed by atoms with Crippen LogP contribution >= 0.6 is 0 Å². The molecule has 0 radical (unpaired) electrons. The molecule has 162 valence electrons. The number of carbonyl (C=O) groups excluding carboxylic acids is 1. The van der Waals surface area contributed by atoms with E-state index >= 15 is 0 Å². The molecule has 4 N–H and O–H groups in total. The van der Waals surface area contributed by atoms with Crippen LogP contribution in [0, 0.1) is 11.3 Å². The first-order valence-electron chi connectivity index (χ1n) is 10.3. The molecule has 0 saturated heterocycles. The molecule has 1 aromatic heterocycles. The fourth-order valence-electron chi connectivity index (χ4n) is 4.01. The summed E-state index contributed by atoms with van der Waals surface area (Å²) in [5.74, 6) is -0.588. The summed E-state index contributed by atoms with van der Waals surface area (Å²) in [6.45, 7) is 0. The smallest absolute Gasteiger partial charge is 0.347 e. The molecular weight excluding hydrogens is 400 g/mol. The maximum Gasteiger partial charge on any atom is 0.347 e. The fraction of sp³-hybridized carbons (Fsp3) is 0.455. The highest BCUT2D eigenvalue weighted by atomic mass is 16.5. The zero-order valence-electron chi connectivity index (χ0n) is 16.9. The van der Waals surface area contributed by atoms with Crippen LogP contribution in [-0.4, -0.2) is 50.6 Å². The lowest BCUT2D eigenvalue weighted by Crippen LogP contribution is -2.22. The number of anilines is 1. The van der Waals surface area contributed by atoms with Crippen LogP contribution in [0.3, 0.4) is 0 Å². The quantitative estimate of drug-likeness (QED) is 0.612. The number of aromatic nitrogens is 2. The third-order valence-corrected chi connectivity index (χ3v) is 5.62. The van der Waals surface area contributed by atoms with Gasteiger partial charge in [-0.05, 0) is 37.8 Å². The molecule has 0 aliphatic heterocycles. The zero-order valence-corrected chi connectivity index (χ0v) is 16.9. The Morgan fingerprint density at radius 3 is 2.45 bits per heavy atom. The molecular formula is C22H24N4O5. The number of aliphatic hydroxyl groups is 2. The summed E-state index contributed by atoms with van der Waals surface area (Å²) in [6.07, 6.45) is 1.47. The molecule has 9 heteroatoms. The van der Waals surface area contributed by atoms with Crippen LogP contribution in [0.4, 0.5) is 5.82 Å². The van der Waals surface area contributed by atoms with Crippen molar-refractivity contribution >= 4 is 11.8 Å². The van der Waals surface area contributed by atoms with E-state index in [2.05, 4.69) is 16.0 Å². The van der Waals surface area contributed by atoms with E-state index < -0.39 is 24.3 Å². The van der Waals surface area contributed by atoms with Crippen LogP contribution in [0.1, 0.15) is 54.4 Å². The van der Waals surface area contributed by atoms with Gasteiger partial charge < -0.3 is 25.4 Å². The molecule has 1 heterocycles. The maximum absolute atomic E-state index is 12.9. The minimum absolute atomic E-state index is 0.00694. The van der Waals surface area contributed by atoms with E-state index in [1.807, 2.05) is 0 Å². The van der Waals surface area contributed by atoms with Gasteiger partial charge in [-0.15, -0.1) is 0 Å². The van der Waals surface area contributed by atoms with Gasteiger partial charge in [0.1, 0.15) is 18.0 Å². The molecule has 2 aromatic rings. The summed E-state index contributed by atoms with van der Waals surface area (Å²) in [5.41, 5.74) is 7.06. The minimum Gasteiger partial charge on any atom is -0.473 e. The van der Waals surface area contributed by atoms with Crippen LogP contribution in [0.25, 0.3) is 11.4 Å². The third kappa shape index (κ3) is 4.76. The number of nitrogens with two attached hydrogens (primary N) is 1. The second-order valence-electron chi connectivity index (χ2n) is 8.01. The standard InChI is InChI=1S/C22H24N4O5/c23-11-12-2-1-3-13(8-12)20-25-19(24)18(22(29)31-17-7-5-15(28)10-17)21(26-20)30-16-6-4-14(27)9-16/h1-3,8,14-17,27-28H,4-7,9-10H2,(H2,24,25,26). The number of hydrogen-bond donors (Lipinski definition) is 3. The summed E-state index contributed by atoms with van der Waals surface area (Å²) in [6, 6.07) is 8.78. The van der Waals surface area contributed by atoms with Gasteiger partial charge in [0.05, 0.1) is 23.8 Å². The average molecular weight is 424 g/mol. The van der Waals surface area contributed by atoms with Gasteiger partial charge in [0, 0.05) is 18.4 Å². The summed E-state index contributed by atoms with van der Waals surface area (Å²) in [5, 5.41) is 28.7. The normalized spacial score (nSPS) is 25.2. The maximum atomic E-state index is 12.9. The summed E-state index contributed by atoms with van der Waals surface area (Å²) in [4.78, 5) is 21.6. The predicted octanol–water partition coefficient (Wildman–Crippen LogP) is 1.96. The van der Waals surface area contributed by atoms with Crippen LogP contribution in [0.2, 0.25) is 0 Å². The van der Waals surface area contributed by atoms with Crippen molar-refractivity contribution < 1.29 is 24.5 Å². The number of rotatable bonds is 5. The molecule has 0 spiro atoms.